The van der Waals surface area contributed by atoms with Crippen LogP contribution in [-0.4, -0.2) is 78.0 Å². The minimum Gasteiger partial charge on any atom is -0.463 e. The molecule has 0 spiro atoms. The molecule has 8 nitrogen and oxygen atoms in total. The number of esters is 2. The van der Waals surface area contributed by atoms with Gasteiger partial charge in [0.2, 0.25) is 0 Å². The number of ether oxygens (including phenoxy) is 6. The quantitative estimate of drug-likeness (QED) is 0.167. The number of hydrogen-bond donors (Lipinski definition) is 0. The molecule has 32 heavy (non-hydrogen) atoms. The van der Waals surface area contributed by atoms with E-state index in [1.54, 1.807) is 6.92 Å². The molecule has 0 radical (unpaired) electrons. The first-order valence-electron chi connectivity index (χ1n) is 12.2. The van der Waals surface area contributed by atoms with E-state index in [1.807, 2.05) is 6.92 Å². The second-order valence-corrected chi connectivity index (χ2v) is 7.68. The van der Waals surface area contributed by atoms with Gasteiger partial charge in [0, 0.05) is 13.2 Å². The molecule has 8 heteroatoms. The Kier molecular flexibility index (Phi) is 22.1. The van der Waals surface area contributed by atoms with Crippen LogP contribution < -0.4 is 0 Å². The Morgan fingerprint density at radius 3 is 1.41 bits per heavy atom. The van der Waals surface area contributed by atoms with Gasteiger partial charge in [-0.2, -0.15) is 0 Å². The van der Waals surface area contributed by atoms with E-state index in [-0.39, 0.29) is 19.2 Å². The molecule has 0 saturated carbocycles. The lowest BCUT2D eigenvalue weighted by Crippen LogP contribution is -2.32. The van der Waals surface area contributed by atoms with Gasteiger partial charge in [0.05, 0.1) is 51.5 Å². The molecular formula is C24H46O8. The summed E-state index contributed by atoms with van der Waals surface area (Å²) < 4.78 is 32.2. The fourth-order valence-corrected chi connectivity index (χ4v) is 2.82. The highest BCUT2D eigenvalue weighted by molar-refractivity contribution is 5.81. The average molecular weight is 463 g/mol. The first kappa shape index (κ1) is 30.8. The largest absolute Gasteiger partial charge is 0.463 e. The molecule has 0 N–H and O–H groups in total. The van der Waals surface area contributed by atoms with Crippen molar-refractivity contribution in [3.63, 3.8) is 0 Å². The first-order chi connectivity index (χ1) is 15.6. The number of carbonyl (C=O) groups is 2. The van der Waals surface area contributed by atoms with Crippen molar-refractivity contribution in [1.82, 2.24) is 0 Å². The van der Waals surface area contributed by atoms with Crippen LogP contribution in [0.2, 0.25) is 0 Å². The first-order valence-corrected chi connectivity index (χ1v) is 12.2. The Morgan fingerprint density at radius 1 is 0.562 bits per heavy atom. The van der Waals surface area contributed by atoms with Crippen molar-refractivity contribution in [3.8, 4) is 0 Å². The molecule has 0 bridgehead atoms. The molecule has 0 fully saturated rings. The third-order valence-corrected chi connectivity index (χ3v) is 4.85. The third-order valence-electron chi connectivity index (χ3n) is 4.85. The molecule has 0 rings (SSSR count). The second-order valence-electron chi connectivity index (χ2n) is 7.68. The summed E-state index contributed by atoms with van der Waals surface area (Å²) in [6, 6.07) is 0. The molecular weight excluding hydrogens is 416 g/mol. The van der Waals surface area contributed by atoms with Crippen molar-refractivity contribution in [1.29, 1.82) is 0 Å². The van der Waals surface area contributed by atoms with Crippen LogP contribution in [0.25, 0.3) is 0 Å². The van der Waals surface area contributed by atoms with Crippen molar-refractivity contribution in [2.24, 2.45) is 11.8 Å². The summed E-state index contributed by atoms with van der Waals surface area (Å²) in [6.45, 7) is 12.3. The molecule has 0 aromatic heterocycles. The number of unbranched alkanes of at least 4 members (excludes halogenated alkanes) is 2. The Labute approximate surface area is 194 Å². The highest BCUT2D eigenvalue weighted by Crippen LogP contribution is 2.21. The van der Waals surface area contributed by atoms with Crippen molar-refractivity contribution in [2.75, 3.05) is 66.1 Å². The predicted octanol–water partition coefficient (Wildman–Crippen LogP) is 3.79. The number of hydrogen-bond acceptors (Lipinski definition) is 8. The van der Waals surface area contributed by atoms with Gasteiger partial charge in [-0.15, -0.1) is 0 Å². The van der Waals surface area contributed by atoms with E-state index in [0.717, 1.165) is 45.3 Å². The molecule has 0 aliphatic carbocycles. The summed E-state index contributed by atoms with van der Waals surface area (Å²) >= 11 is 0. The average Bonchev–Trinajstić information content (AvgIpc) is 2.79. The molecule has 0 aliphatic rings. The van der Waals surface area contributed by atoms with Gasteiger partial charge in [0.15, 0.2) is 0 Å². The maximum Gasteiger partial charge on any atom is 0.309 e. The minimum atomic E-state index is -0.576. The standard InChI is InChI=1S/C24H46O8/c1-5-8-11-27-13-15-29-17-19-31-23(25)21(4)22(10-7-3)24(26)32-20-18-30-16-14-28-12-9-6-2/h21-22H,5-20H2,1-4H3. The highest BCUT2D eigenvalue weighted by atomic mass is 16.6. The fraction of sp³-hybridized carbons (Fsp3) is 0.917. The molecule has 0 heterocycles. The van der Waals surface area contributed by atoms with Gasteiger partial charge in [-0.3, -0.25) is 9.59 Å². The molecule has 190 valence electrons. The van der Waals surface area contributed by atoms with Crippen LogP contribution in [0.3, 0.4) is 0 Å². The lowest BCUT2D eigenvalue weighted by atomic mass is 9.90. The topological polar surface area (TPSA) is 89.5 Å². The van der Waals surface area contributed by atoms with Crippen molar-refractivity contribution >= 4 is 11.9 Å². The van der Waals surface area contributed by atoms with Crippen LogP contribution in [-0.2, 0) is 38.0 Å². The van der Waals surface area contributed by atoms with Gasteiger partial charge >= 0.3 is 11.9 Å². The molecule has 0 saturated heterocycles. The van der Waals surface area contributed by atoms with E-state index in [2.05, 4.69) is 13.8 Å². The SMILES string of the molecule is CCCCOCCOCCOC(=O)C(C)C(CCC)C(=O)OCCOCCOCCCC. The van der Waals surface area contributed by atoms with E-state index in [0.29, 0.717) is 46.1 Å². The number of rotatable bonds is 23. The molecule has 0 aromatic rings. The van der Waals surface area contributed by atoms with Gasteiger partial charge in [0.1, 0.15) is 13.2 Å². The lowest BCUT2D eigenvalue weighted by Gasteiger charge is -2.21. The zero-order chi connectivity index (χ0) is 23.9. The summed E-state index contributed by atoms with van der Waals surface area (Å²) in [5.74, 6) is -1.91. The van der Waals surface area contributed by atoms with Crippen molar-refractivity contribution < 1.29 is 38.0 Å². The van der Waals surface area contributed by atoms with E-state index in [4.69, 9.17) is 28.4 Å². The summed E-state index contributed by atoms with van der Waals surface area (Å²) in [5, 5.41) is 0. The van der Waals surface area contributed by atoms with E-state index >= 15 is 0 Å². The van der Waals surface area contributed by atoms with Gasteiger partial charge in [0.25, 0.3) is 0 Å². The minimum absolute atomic E-state index is 0.153. The van der Waals surface area contributed by atoms with Gasteiger partial charge in [-0.1, -0.05) is 47.0 Å². The highest BCUT2D eigenvalue weighted by Gasteiger charge is 2.31. The fourth-order valence-electron chi connectivity index (χ4n) is 2.82. The zero-order valence-electron chi connectivity index (χ0n) is 20.7. The monoisotopic (exact) mass is 462 g/mol. The van der Waals surface area contributed by atoms with E-state index in [1.165, 1.54) is 0 Å². The van der Waals surface area contributed by atoms with Crippen LogP contribution in [0.5, 0.6) is 0 Å². The van der Waals surface area contributed by atoms with Crippen molar-refractivity contribution in [2.45, 2.75) is 66.2 Å². The van der Waals surface area contributed by atoms with Crippen LogP contribution in [0, 0.1) is 11.8 Å². The van der Waals surface area contributed by atoms with Crippen LogP contribution in [0.15, 0.2) is 0 Å². The number of carbonyl (C=O) groups excluding carboxylic acids is 2. The van der Waals surface area contributed by atoms with Crippen LogP contribution in [0.1, 0.15) is 66.2 Å². The molecule has 2 unspecified atom stereocenters. The Morgan fingerprint density at radius 2 is 0.969 bits per heavy atom. The van der Waals surface area contributed by atoms with Crippen LogP contribution >= 0.6 is 0 Å². The van der Waals surface area contributed by atoms with Gasteiger partial charge < -0.3 is 28.4 Å². The second kappa shape index (κ2) is 23.0. The lowest BCUT2D eigenvalue weighted by molar-refractivity contribution is -0.162. The third kappa shape index (κ3) is 17.3. The van der Waals surface area contributed by atoms with E-state index < -0.39 is 17.8 Å². The predicted molar refractivity (Wildman–Crippen MR) is 123 cm³/mol. The van der Waals surface area contributed by atoms with E-state index in [9.17, 15) is 9.59 Å². The summed E-state index contributed by atoms with van der Waals surface area (Å²) in [4.78, 5) is 24.8. The van der Waals surface area contributed by atoms with Crippen molar-refractivity contribution in [3.05, 3.63) is 0 Å². The Hall–Kier alpha value is -1.22. The maximum atomic E-state index is 12.5. The summed E-state index contributed by atoms with van der Waals surface area (Å²) in [7, 11) is 0. The summed E-state index contributed by atoms with van der Waals surface area (Å²) in [6.07, 6.45) is 5.61. The Balaban J connectivity index is 3.99. The molecule has 2 atom stereocenters. The van der Waals surface area contributed by atoms with Crippen LogP contribution in [0.4, 0.5) is 0 Å². The smallest absolute Gasteiger partial charge is 0.309 e. The molecule has 0 aromatic carbocycles. The zero-order valence-corrected chi connectivity index (χ0v) is 20.7. The summed E-state index contributed by atoms with van der Waals surface area (Å²) in [5.41, 5.74) is 0. The van der Waals surface area contributed by atoms with Gasteiger partial charge in [-0.25, -0.2) is 0 Å². The normalized spacial score (nSPS) is 13.0. The molecule has 0 amide bonds. The molecule has 0 aliphatic heterocycles. The maximum absolute atomic E-state index is 12.5. The Bertz CT molecular complexity index is 444. The van der Waals surface area contributed by atoms with Gasteiger partial charge in [-0.05, 0) is 19.3 Å².